The number of carbonyl (C=O) groups is 1. The number of carbonyl (C=O) groups excluding carboxylic acids is 1. The van der Waals surface area contributed by atoms with E-state index in [2.05, 4.69) is 0 Å². The average Bonchev–Trinajstić information content (AvgIpc) is 2.72. The van der Waals surface area contributed by atoms with E-state index >= 15 is 0 Å². The molecule has 9 heteroatoms. The molecule has 0 N–H and O–H groups in total. The predicted molar refractivity (Wildman–Crippen MR) is 114 cm³/mol. The summed E-state index contributed by atoms with van der Waals surface area (Å²) in [6.45, 7) is 1.84. The zero-order valence-electron chi connectivity index (χ0n) is 18.1. The summed E-state index contributed by atoms with van der Waals surface area (Å²) >= 11 is 0. The maximum Gasteiger partial charge on any atom is 0.243 e. The molecule has 30 heavy (non-hydrogen) atoms. The Morgan fingerprint density at radius 2 is 1.47 bits per heavy atom. The van der Waals surface area contributed by atoms with Crippen molar-refractivity contribution in [3.63, 3.8) is 0 Å². The second-order valence-corrected chi connectivity index (χ2v) is 8.90. The van der Waals surface area contributed by atoms with Crippen molar-refractivity contribution >= 4 is 15.9 Å². The minimum Gasteiger partial charge on any atom is -0.493 e. The second kappa shape index (κ2) is 9.82. The number of hydrogen-bond acceptors (Lipinski definition) is 6. The van der Waals surface area contributed by atoms with Gasteiger partial charge in [0.2, 0.25) is 21.7 Å². The number of methoxy groups -OCH3 is 3. The molecule has 2 aromatic carbocycles. The largest absolute Gasteiger partial charge is 0.493 e. The van der Waals surface area contributed by atoms with Crippen LogP contribution in [0, 0.1) is 6.92 Å². The van der Waals surface area contributed by atoms with Gasteiger partial charge in [-0.25, -0.2) is 8.42 Å². The standard InChI is InChI=1S/C21H28N2O6S/c1-15-7-9-17(10-8-15)30(25,26)23(3)14-20(24)22(2)13-16-11-18(27-4)21(29-6)19(12-16)28-5/h7-12H,13-14H2,1-6H3. The van der Waals surface area contributed by atoms with Gasteiger partial charge < -0.3 is 19.1 Å². The smallest absolute Gasteiger partial charge is 0.243 e. The summed E-state index contributed by atoms with van der Waals surface area (Å²) in [6.07, 6.45) is 0. The minimum absolute atomic E-state index is 0.149. The van der Waals surface area contributed by atoms with Crippen molar-refractivity contribution in [1.29, 1.82) is 0 Å². The Kier molecular flexibility index (Phi) is 7.69. The summed E-state index contributed by atoms with van der Waals surface area (Å²) in [5.74, 6) is 1.07. The van der Waals surface area contributed by atoms with Gasteiger partial charge in [0.15, 0.2) is 11.5 Å². The molecule has 2 rings (SSSR count). The van der Waals surface area contributed by atoms with Crippen LogP contribution in [0.2, 0.25) is 0 Å². The van der Waals surface area contributed by atoms with E-state index in [9.17, 15) is 13.2 Å². The highest BCUT2D eigenvalue weighted by molar-refractivity contribution is 7.89. The van der Waals surface area contributed by atoms with E-state index in [0.717, 1.165) is 15.4 Å². The van der Waals surface area contributed by atoms with Gasteiger partial charge in [0.25, 0.3) is 0 Å². The molecule has 0 heterocycles. The fraction of sp³-hybridized carbons (Fsp3) is 0.381. The van der Waals surface area contributed by atoms with Gasteiger partial charge in [0.05, 0.1) is 32.8 Å². The summed E-state index contributed by atoms with van der Waals surface area (Å²) in [5.41, 5.74) is 1.71. The lowest BCUT2D eigenvalue weighted by atomic mass is 10.1. The molecule has 0 aliphatic heterocycles. The van der Waals surface area contributed by atoms with E-state index in [1.165, 1.54) is 45.4 Å². The Bertz CT molecular complexity index is 964. The van der Waals surface area contributed by atoms with E-state index in [1.807, 2.05) is 6.92 Å². The molecule has 0 spiro atoms. The first-order valence-corrected chi connectivity index (χ1v) is 10.6. The first-order valence-electron chi connectivity index (χ1n) is 9.19. The first-order chi connectivity index (χ1) is 14.1. The van der Waals surface area contributed by atoms with Gasteiger partial charge in [0.1, 0.15) is 0 Å². The highest BCUT2D eigenvalue weighted by Crippen LogP contribution is 2.38. The Morgan fingerprint density at radius 1 is 0.933 bits per heavy atom. The van der Waals surface area contributed by atoms with Crippen LogP contribution in [0.25, 0.3) is 0 Å². The van der Waals surface area contributed by atoms with E-state index in [0.29, 0.717) is 17.2 Å². The van der Waals surface area contributed by atoms with Crippen LogP contribution in [0.15, 0.2) is 41.3 Å². The number of benzene rings is 2. The normalized spacial score (nSPS) is 11.3. The lowest BCUT2D eigenvalue weighted by molar-refractivity contribution is -0.130. The maximum absolute atomic E-state index is 12.7. The van der Waals surface area contributed by atoms with Crippen LogP contribution in [-0.4, -0.2) is 65.5 Å². The summed E-state index contributed by atoms with van der Waals surface area (Å²) in [7, 11) is 3.78. The van der Waals surface area contributed by atoms with Gasteiger partial charge in [-0.15, -0.1) is 0 Å². The number of aryl methyl sites for hydroxylation is 1. The second-order valence-electron chi connectivity index (χ2n) is 6.86. The average molecular weight is 437 g/mol. The zero-order chi connectivity index (χ0) is 22.5. The summed E-state index contributed by atoms with van der Waals surface area (Å²) in [5, 5.41) is 0. The van der Waals surface area contributed by atoms with Crippen molar-refractivity contribution in [3.05, 3.63) is 47.5 Å². The molecule has 0 atom stereocenters. The van der Waals surface area contributed by atoms with Gasteiger partial charge in [-0.05, 0) is 36.8 Å². The third-order valence-corrected chi connectivity index (χ3v) is 6.47. The molecule has 0 bridgehead atoms. The molecule has 0 aliphatic rings. The third kappa shape index (κ3) is 5.22. The van der Waals surface area contributed by atoms with Crippen molar-refractivity contribution in [1.82, 2.24) is 9.21 Å². The molecule has 0 saturated carbocycles. The monoisotopic (exact) mass is 436 g/mol. The van der Waals surface area contributed by atoms with Crippen LogP contribution in [-0.2, 0) is 21.4 Å². The number of rotatable bonds is 9. The topological polar surface area (TPSA) is 85.4 Å². The van der Waals surface area contributed by atoms with Gasteiger partial charge in [-0.1, -0.05) is 17.7 Å². The number of hydrogen-bond donors (Lipinski definition) is 0. The van der Waals surface area contributed by atoms with Gasteiger partial charge in [0, 0.05) is 20.6 Å². The Balaban J connectivity index is 2.13. The van der Waals surface area contributed by atoms with Crippen LogP contribution < -0.4 is 14.2 Å². The summed E-state index contributed by atoms with van der Waals surface area (Å²) in [4.78, 5) is 14.2. The number of sulfonamides is 1. The number of amides is 1. The molecule has 8 nitrogen and oxygen atoms in total. The molecule has 0 fully saturated rings. The molecular weight excluding hydrogens is 408 g/mol. The van der Waals surface area contributed by atoms with Crippen molar-refractivity contribution in [2.24, 2.45) is 0 Å². The van der Waals surface area contributed by atoms with E-state index in [1.54, 1.807) is 31.3 Å². The first kappa shape index (κ1) is 23.5. The quantitative estimate of drug-likeness (QED) is 0.600. The van der Waals surface area contributed by atoms with Crippen LogP contribution in [0.5, 0.6) is 17.2 Å². The fourth-order valence-electron chi connectivity index (χ4n) is 2.88. The Hall–Kier alpha value is -2.78. The molecule has 0 radical (unpaired) electrons. The third-order valence-electron chi connectivity index (χ3n) is 4.66. The van der Waals surface area contributed by atoms with Crippen LogP contribution in [0.1, 0.15) is 11.1 Å². The zero-order valence-corrected chi connectivity index (χ0v) is 18.9. The van der Waals surface area contributed by atoms with Gasteiger partial charge in [-0.2, -0.15) is 4.31 Å². The van der Waals surface area contributed by atoms with Crippen molar-refractivity contribution in [2.45, 2.75) is 18.4 Å². The molecule has 1 amide bonds. The molecule has 0 saturated heterocycles. The fourth-order valence-corrected chi connectivity index (χ4v) is 4.00. The highest BCUT2D eigenvalue weighted by Gasteiger charge is 2.24. The highest BCUT2D eigenvalue weighted by atomic mass is 32.2. The van der Waals surface area contributed by atoms with E-state index in [4.69, 9.17) is 14.2 Å². The van der Waals surface area contributed by atoms with Crippen molar-refractivity contribution in [2.75, 3.05) is 42.0 Å². The van der Waals surface area contributed by atoms with Crippen LogP contribution in [0.4, 0.5) is 0 Å². The predicted octanol–water partition coefficient (Wildman–Crippen LogP) is 2.30. The molecule has 2 aromatic rings. The molecular formula is C21H28N2O6S. The van der Waals surface area contributed by atoms with Crippen molar-refractivity contribution < 1.29 is 27.4 Å². The van der Waals surface area contributed by atoms with Gasteiger partial charge >= 0.3 is 0 Å². The number of nitrogens with zero attached hydrogens (tertiary/aromatic N) is 2. The number of likely N-dealkylation sites (N-methyl/N-ethyl adjacent to an activating group) is 2. The van der Waals surface area contributed by atoms with Gasteiger partial charge in [-0.3, -0.25) is 4.79 Å². The molecule has 0 aliphatic carbocycles. The van der Waals surface area contributed by atoms with Crippen LogP contribution >= 0.6 is 0 Å². The SMILES string of the molecule is COc1cc(CN(C)C(=O)CN(C)S(=O)(=O)c2ccc(C)cc2)cc(OC)c1OC. The molecule has 0 unspecified atom stereocenters. The Morgan fingerprint density at radius 3 is 1.93 bits per heavy atom. The van der Waals surface area contributed by atoms with E-state index < -0.39 is 10.0 Å². The lowest BCUT2D eigenvalue weighted by Crippen LogP contribution is -2.39. The van der Waals surface area contributed by atoms with Crippen LogP contribution in [0.3, 0.4) is 0 Å². The number of ether oxygens (including phenoxy) is 3. The van der Waals surface area contributed by atoms with Crippen molar-refractivity contribution in [3.8, 4) is 17.2 Å². The Labute approximate surface area is 178 Å². The lowest BCUT2D eigenvalue weighted by Gasteiger charge is -2.23. The minimum atomic E-state index is -3.76. The van der Waals surface area contributed by atoms with E-state index in [-0.39, 0.29) is 23.9 Å². The molecule has 0 aromatic heterocycles. The maximum atomic E-state index is 12.7. The molecule has 164 valence electrons. The summed E-state index contributed by atoms with van der Waals surface area (Å²) in [6, 6.07) is 10.0. The summed E-state index contributed by atoms with van der Waals surface area (Å²) < 4.78 is 42.4.